The van der Waals surface area contributed by atoms with Crippen LogP contribution in [0.3, 0.4) is 0 Å². The molecule has 0 aliphatic carbocycles. The van der Waals surface area contributed by atoms with E-state index in [0.29, 0.717) is 13.2 Å². The molecule has 0 aromatic carbocycles. The molecule has 1 atom stereocenters. The molecule has 0 amide bonds. The lowest BCUT2D eigenvalue weighted by atomic mass is 9.99. The van der Waals surface area contributed by atoms with Crippen LogP contribution >= 0.6 is 0 Å². The standard InChI is InChI=1S/C18H21N5O2/c1-22-18-15(13-24-12-14-4-6-19-7-5-14)9-23(11-17(18)20-21-22)10-16-3-2-8-25-16/h2-8,15H,9-13H2,1H3. The number of rotatable bonds is 6. The fourth-order valence-electron chi connectivity index (χ4n) is 3.37. The van der Waals surface area contributed by atoms with Crippen molar-refractivity contribution < 1.29 is 9.15 Å². The van der Waals surface area contributed by atoms with Crippen molar-refractivity contribution in [3.8, 4) is 0 Å². The molecule has 25 heavy (non-hydrogen) atoms. The van der Waals surface area contributed by atoms with Crippen LogP contribution in [-0.2, 0) is 31.5 Å². The lowest BCUT2D eigenvalue weighted by Gasteiger charge is -2.31. The van der Waals surface area contributed by atoms with Gasteiger partial charge in [0.25, 0.3) is 0 Å². The van der Waals surface area contributed by atoms with Gasteiger partial charge in [-0.25, -0.2) is 0 Å². The van der Waals surface area contributed by atoms with Gasteiger partial charge in [0.05, 0.1) is 31.7 Å². The molecule has 0 fully saturated rings. The number of hydrogen-bond donors (Lipinski definition) is 0. The van der Waals surface area contributed by atoms with E-state index in [9.17, 15) is 0 Å². The molecule has 4 heterocycles. The summed E-state index contributed by atoms with van der Waals surface area (Å²) in [4.78, 5) is 6.36. The molecule has 0 spiro atoms. The Bertz CT molecular complexity index is 800. The summed E-state index contributed by atoms with van der Waals surface area (Å²) in [6.45, 7) is 3.66. The van der Waals surface area contributed by atoms with Crippen molar-refractivity contribution in [3.05, 3.63) is 65.6 Å². The third kappa shape index (κ3) is 3.62. The maximum Gasteiger partial charge on any atom is 0.117 e. The van der Waals surface area contributed by atoms with E-state index in [4.69, 9.17) is 9.15 Å². The molecule has 130 valence electrons. The highest BCUT2D eigenvalue weighted by molar-refractivity contribution is 5.20. The summed E-state index contributed by atoms with van der Waals surface area (Å²) in [6.07, 6.45) is 5.28. The second-order valence-corrected chi connectivity index (χ2v) is 6.36. The largest absolute Gasteiger partial charge is 0.468 e. The van der Waals surface area contributed by atoms with Gasteiger partial charge in [-0.2, -0.15) is 0 Å². The molecule has 7 nitrogen and oxygen atoms in total. The average molecular weight is 339 g/mol. The first-order valence-corrected chi connectivity index (χ1v) is 8.39. The minimum atomic E-state index is 0.237. The molecule has 3 aromatic heterocycles. The Balaban J connectivity index is 1.44. The second kappa shape index (κ2) is 7.16. The molecule has 0 saturated heterocycles. The predicted octanol–water partition coefficient (Wildman–Crippen LogP) is 2.12. The van der Waals surface area contributed by atoms with E-state index in [1.807, 2.05) is 36.0 Å². The van der Waals surface area contributed by atoms with E-state index in [-0.39, 0.29) is 5.92 Å². The Morgan fingerprint density at radius 2 is 2.16 bits per heavy atom. The number of ether oxygens (including phenoxy) is 1. The molecule has 3 aromatic rings. The molecule has 1 aliphatic rings. The SMILES string of the molecule is Cn1nnc2c1C(COCc1ccncc1)CN(Cc1ccco1)C2. The van der Waals surface area contributed by atoms with Crippen molar-refractivity contribution >= 4 is 0 Å². The van der Waals surface area contributed by atoms with Gasteiger partial charge in [-0.1, -0.05) is 5.21 Å². The topological polar surface area (TPSA) is 69.2 Å². The number of pyridine rings is 1. The van der Waals surface area contributed by atoms with Crippen molar-refractivity contribution in [3.63, 3.8) is 0 Å². The van der Waals surface area contributed by atoms with Gasteiger partial charge in [0.15, 0.2) is 0 Å². The monoisotopic (exact) mass is 339 g/mol. The average Bonchev–Trinajstić information content (AvgIpc) is 3.26. The summed E-state index contributed by atoms with van der Waals surface area (Å²) < 4.78 is 13.3. The zero-order chi connectivity index (χ0) is 17.1. The van der Waals surface area contributed by atoms with E-state index in [2.05, 4.69) is 20.2 Å². The van der Waals surface area contributed by atoms with Gasteiger partial charge in [0.1, 0.15) is 11.5 Å². The van der Waals surface area contributed by atoms with E-state index < -0.39 is 0 Å². The fraction of sp³-hybridized carbons (Fsp3) is 0.389. The molecule has 4 rings (SSSR count). The second-order valence-electron chi connectivity index (χ2n) is 6.36. The van der Waals surface area contributed by atoms with Gasteiger partial charge in [-0.15, -0.1) is 5.10 Å². The summed E-state index contributed by atoms with van der Waals surface area (Å²) in [5.74, 6) is 1.20. The number of fused-ring (bicyclic) bond motifs is 1. The van der Waals surface area contributed by atoms with Crippen molar-refractivity contribution in [2.24, 2.45) is 7.05 Å². The van der Waals surface area contributed by atoms with E-state index in [1.165, 1.54) is 5.69 Å². The summed E-state index contributed by atoms with van der Waals surface area (Å²) in [5.41, 5.74) is 3.32. The highest BCUT2D eigenvalue weighted by Gasteiger charge is 2.30. The smallest absolute Gasteiger partial charge is 0.117 e. The third-order valence-corrected chi connectivity index (χ3v) is 4.48. The summed E-state index contributed by atoms with van der Waals surface area (Å²) >= 11 is 0. The first-order chi connectivity index (χ1) is 12.3. The number of nitrogens with zero attached hydrogens (tertiary/aromatic N) is 5. The van der Waals surface area contributed by atoms with Gasteiger partial charge in [-0.3, -0.25) is 14.6 Å². The van der Waals surface area contributed by atoms with Gasteiger partial charge in [0.2, 0.25) is 0 Å². The van der Waals surface area contributed by atoms with Crippen LogP contribution < -0.4 is 0 Å². The van der Waals surface area contributed by atoms with E-state index in [1.54, 1.807) is 18.7 Å². The molecule has 0 saturated carbocycles. The summed E-state index contributed by atoms with van der Waals surface area (Å²) in [7, 11) is 1.95. The highest BCUT2D eigenvalue weighted by Crippen LogP contribution is 2.28. The molecular weight excluding hydrogens is 318 g/mol. The minimum Gasteiger partial charge on any atom is -0.468 e. The van der Waals surface area contributed by atoms with Crippen LogP contribution in [0.2, 0.25) is 0 Å². The predicted molar refractivity (Wildman–Crippen MR) is 90.5 cm³/mol. The summed E-state index contributed by atoms with van der Waals surface area (Å²) in [5, 5.41) is 8.53. The van der Waals surface area contributed by atoms with E-state index >= 15 is 0 Å². The Morgan fingerprint density at radius 3 is 2.96 bits per heavy atom. The van der Waals surface area contributed by atoms with Crippen LogP contribution in [0, 0.1) is 0 Å². The molecule has 0 radical (unpaired) electrons. The molecule has 0 N–H and O–H groups in total. The fourth-order valence-corrected chi connectivity index (χ4v) is 3.37. The number of aryl methyl sites for hydroxylation is 1. The van der Waals surface area contributed by atoms with Gasteiger partial charge >= 0.3 is 0 Å². The Labute approximate surface area is 146 Å². The number of aromatic nitrogens is 4. The molecular formula is C18H21N5O2. The molecule has 1 unspecified atom stereocenters. The first-order valence-electron chi connectivity index (χ1n) is 8.39. The van der Waals surface area contributed by atoms with Crippen molar-refractivity contribution in [1.29, 1.82) is 0 Å². The molecule has 0 bridgehead atoms. The van der Waals surface area contributed by atoms with Crippen LogP contribution in [0.25, 0.3) is 0 Å². The maximum atomic E-state index is 5.98. The van der Waals surface area contributed by atoms with Gasteiger partial charge in [-0.05, 0) is 29.8 Å². The van der Waals surface area contributed by atoms with Crippen LogP contribution in [0.15, 0.2) is 47.3 Å². The molecule has 7 heteroatoms. The van der Waals surface area contributed by atoms with Crippen LogP contribution in [0.4, 0.5) is 0 Å². The van der Waals surface area contributed by atoms with Gasteiger partial charge < -0.3 is 9.15 Å². The zero-order valence-electron chi connectivity index (χ0n) is 14.2. The first kappa shape index (κ1) is 16.0. The zero-order valence-corrected chi connectivity index (χ0v) is 14.2. The Hall–Kier alpha value is -2.51. The Kier molecular flexibility index (Phi) is 4.58. The summed E-state index contributed by atoms with van der Waals surface area (Å²) in [6, 6.07) is 7.87. The number of hydrogen-bond acceptors (Lipinski definition) is 6. The number of furan rings is 1. The van der Waals surface area contributed by atoms with Crippen LogP contribution in [0.1, 0.15) is 28.6 Å². The van der Waals surface area contributed by atoms with Crippen molar-refractivity contribution in [1.82, 2.24) is 24.9 Å². The van der Waals surface area contributed by atoms with Gasteiger partial charge in [0, 0.05) is 38.4 Å². The lowest BCUT2D eigenvalue weighted by molar-refractivity contribution is 0.0813. The maximum absolute atomic E-state index is 5.98. The minimum absolute atomic E-state index is 0.237. The van der Waals surface area contributed by atoms with Crippen LogP contribution in [0.5, 0.6) is 0 Å². The normalized spacial score (nSPS) is 17.6. The van der Waals surface area contributed by atoms with Crippen molar-refractivity contribution in [2.75, 3.05) is 13.2 Å². The quantitative estimate of drug-likeness (QED) is 0.685. The molecule has 1 aliphatic heterocycles. The lowest BCUT2D eigenvalue weighted by Crippen LogP contribution is -2.35. The van der Waals surface area contributed by atoms with Crippen LogP contribution in [-0.4, -0.2) is 38.0 Å². The highest BCUT2D eigenvalue weighted by atomic mass is 16.5. The third-order valence-electron chi connectivity index (χ3n) is 4.48. The van der Waals surface area contributed by atoms with E-state index in [0.717, 1.165) is 36.7 Å². The Morgan fingerprint density at radius 1 is 1.28 bits per heavy atom. The van der Waals surface area contributed by atoms with Crippen molar-refractivity contribution in [2.45, 2.75) is 25.6 Å².